The van der Waals surface area contributed by atoms with Gasteiger partial charge in [-0.05, 0) is 15.9 Å². The van der Waals surface area contributed by atoms with Crippen LogP contribution in [0, 0.1) is 0 Å². The number of hydrogen-bond acceptors (Lipinski definition) is 3. The summed E-state index contributed by atoms with van der Waals surface area (Å²) in [6.07, 6.45) is -3.37. The van der Waals surface area contributed by atoms with Crippen molar-refractivity contribution >= 4 is 21.9 Å². The molecule has 0 fully saturated rings. The summed E-state index contributed by atoms with van der Waals surface area (Å²) in [5.41, 5.74) is -0.0400. The second kappa shape index (κ2) is 4.21. The molecule has 0 radical (unpaired) electrons. The van der Waals surface area contributed by atoms with Crippen LogP contribution in [0.15, 0.2) is 10.8 Å². The Labute approximate surface area is 91.1 Å². The van der Waals surface area contributed by atoms with Gasteiger partial charge >= 0.3 is 12.1 Å². The molecule has 0 unspecified atom stereocenters. The molecular weight excluding hydrogens is 281 g/mol. The van der Waals surface area contributed by atoms with E-state index in [0.29, 0.717) is 4.68 Å². The first-order chi connectivity index (χ1) is 6.85. The summed E-state index contributed by atoms with van der Waals surface area (Å²) in [6.45, 7) is -1.26. The first kappa shape index (κ1) is 12.0. The lowest BCUT2D eigenvalue weighted by atomic mass is 10.4. The third-order valence-corrected chi connectivity index (χ3v) is 2.35. The van der Waals surface area contributed by atoms with E-state index in [1.807, 2.05) is 0 Å². The lowest BCUT2D eigenvalue weighted by molar-refractivity contribution is -0.143. The van der Waals surface area contributed by atoms with Crippen molar-refractivity contribution in [3.63, 3.8) is 0 Å². The molecule has 0 atom stereocenters. The van der Waals surface area contributed by atoms with Gasteiger partial charge in [0.1, 0.15) is 16.7 Å². The van der Waals surface area contributed by atoms with Crippen molar-refractivity contribution in [1.29, 1.82) is 0 Å². The maximum atomic E-state index is 12.0. The molecule has 0 aromatic carbocycles. The number of rotatable bonds is 2. The molecule has 0 saturated carbocycles. The van der Waals surface area contributed by atoms with E-state index >= 15 is 0 Å². The third kappa shape index (κ3) is 2.95. The van der Waals surface area contributed by atoms with Gasteiger partial charge in [-0.3, -0.25) is 0 Å². The number of methoxy groups -OCH3 is 1. The van der Waals surface area contributed by atoms with Crippen LogP contribution in [0.5, 0.6) is 0 Å². The van der Waals surface area contributed by atoms with Gasteiger partial charge in [0.25, 0.3) is 0 Å². The van der Waals surface area contributed by atoms with Gasteiger partial charge in [-0.1, -0.05) is 0 Å². The second-order valence-corrected chi connectivity index (χ2v) is 3.36. The molecule has 1 aromatic heterocycles. The quantitative estimate of drug-likeness (QED) is 0.781. The first-order valence-electron chi connectivity index (χ1n) is 3.71. The highest BCUT2D eigenvalue weighted by Crippen LogP contribution is 2.23. The Bertz CT molecular complexity index is 375. The molecular formula is C7H6BrF3N2O2. The van der Waals surface area contributed by atoms with Crippen LogP contribution in [-0.2, 0) is 11.3 Å². The number of nitrogens with zero attached hydrogens (tertiary/aromatic N) is 2. The number of aromatic nitrogens is 2. The minimum atomic E-state index is -4.39. The fourth-order valence-electron chi connectivity index (χ4n) is 0.897. The van der Waals surface area contributed by atoms with E-state index in [-0.39, 0.29) is 10.2 Å². The summed E-state index contributed by atoms with van der Waals surface area (Å²) in [4.78, 5) is 11.0. The summed E-state index contributed by atoms with van der Waals surface area (Å²) in [5.74, 6) is -0.740. The highest BCUT2D eigenvalue weighted by molar-refractivity contribution is 9.10. The van der Waals surface area contributed by atoms with Crippen LogP contribution in [0.25, 0.3) is 0 Å². The number of esters is 1. The zero-order valence-corrected chi connectivity index (χ0v) is 9.09. The molecule has 8 heteroatoms. The number of hydrogen-bond donors (Lipinski definition) is 0. The third-order valence-electron chi connectivity index (χ3n) is 1.51. The molecule has 4 nitrogen and oxygen atoms in total. The van der Waals surface area contributed by atoms with Gasteiger partial charge in [-0.2, -0.15) is 18.3 Å². The van der Waals surface area contributed by atoms with Gasteiger partial charge in [-0.25, -0.2) is 9.48 Å². The van der Waals surface area contributed by atoms with Crippen molar-refractivity contribution in [1.82, 2.24) is 9.78 Å². The molecule has 0 spiro atoms. The van der Waals surface area contributed by atoms with Gasteiger partial charge in [0, 0.05) is 0 Å². The van der Waals surface area contributed by atoms with Gasteiger partial charge in [-0.15, -0.1) is 0 Å². The summed E-state index contributed by atoms with van der Waals surface area (Å²) in [5, 5.41) is 3.42. The highest BCUT2D eigenvalue weighted by atomic mass is 79.9. The number of ether oxygens (including phenoxy) is 1. The van der Waals surface area contributed by atoms with E-state index in [0.717, 1.165) is 13.3 Å². The second-order valence-electron chi connectivity index (χ2n) is 2.61. The number of alkyl halides is 3. The van der Waals surface area contributed by atoms with E-state index in [1.165, 1.54) is 0 Å². The largest absolute Gasteiger partial charge is 0.465 e. The Balaban J connectivity index is 2.94. The minimum absolute atomic E-state index is 0.0400. The molecule has 0 aliphatic heterocycles. The van der Waals surface area contributed by atoms with Crippen molar-refractivity contribution in [3.05, 3.63) is 16.4 Å². The van der Waals surface area contributed by atoms with Gasteiger partial charge in [0.05, 0.1) is 13.3 Å². The molecule has 0 bridgehead atoms. The molecule has 0 amide bonds. The van der Waals surface area contributed by atoms with Crippen LogP contribution in [-0.4, -0.2) is 29.0 Å². The Kier molecular flexibility index (Phi) is 3.38. The monoisotopic (exact) mass is 286 g/mol. The highest BCUT2D eigenvalue weighted by Gasteiger charge is 2.30. The molecule has 0 aliphatic carbocycles. The van der Waals surface area contributed by atoms with Crippen LogP contribution < -0.4 is 0 Å². The average molecular weight is 287 g/mol. The van der Waals surface area contributed by atoms with Crippen LogP contribution in [0.3, 0.4) is 0 Å². The van der Waals surface area contributed by atoms with Crippen LogP contribution in [0.2, 0.25) is 0 Å². The van der Waals surface area contributed by atoms with Crippen molar-refractivity contribution in [2.75, 3.05) is 7.11 Å². The molecule has 0 aliphatic rings. The van der Waals surface area contributed by atoms with Crippen LogP contribution >= 0.6 is 15.9 Å². The van der Waals surface area contributed by atoms with Gasteiger partial charge < -0.3 is 4.74 Å². The normalized spacial score (nSPS) is 11.5. The first-order valence-corrected chi connectivity index (χ1v) is 4.51. The van der Waals surface area contributed by atoms with E-state index in [2.05, 4.69) is 25.8 Å². The van der Waals surface area contributed by atoms with Crippen molar-refractivity contribution < 1.29 is 22.7 Å². The van der Waals surface area contributed by atoms with E-state index in [9.17, 15) is 18.0 Å². The smallest absolute Gasteiger partial charge is 0.408 e. The van der Waals surface area contributed by atoms with Gasteiger partial charge in [0.2, 0.25) is 0 Å². The lowest BCUT2D eigenvalue weighted by Crippen LogP contribution is -2.19. The van der Waals surface area contributed by atoms with Crippen LogP contribution in [0.1, 0.15) is 10.4 Å². The standard InChI is InChI=1S/C7H6BrF3N2O2/c1-15-6(14)4-2-12-13(5(4)8)3-7(9,10)11/h2H,3H2,1H3. The number of carbonyl (C=O) groups excluding carboxylic acids is 1. The molecule has 1 aromatic rings. The molecule has 0 N–H and O–H groups in total. The molecule has 0 saturated heterocycles. The zero-order valence-electron chi connectivity index (χ0n) is 7.51. The Morgan fingerprint density at radius 3 is 2.73 bits per heavy atom. The summed E-state index contributed by atoms with van der Waals surface area (Å²) in [7, 11) is 1.13. The molecule has 1 rings (SSSR count). The fraction of sp³-hybridized carbons (Fsp3) is 0.429. The van der Waals surface area contributed by atoms with E-state index < -0.39 is 18.7 Å². The van der Waals surface area contributed by atoms with Crippen molar-refractivity contribution in [3.8, 4) is 0 Å². The summed E-state index contributed by atoms with van der Waals surface area (Å²) < 4.78 is 41.0. The maximum absolute atomic E-state index is 12.0. The Morgan fingerprint density at radius 1 is 1.67 bits per heavy atom. The summed E-state index contributed by atoms with van der Waals surface area (Å²) >= 11 is 2.84. The number of carbonyl (C=O) groups is 1. The molecule has 1 heterocycles. The Morgan fingerprint density at radius 2 is 2.27 bits per heavy atom. The Hall–Kier alpha value is -1.05. The zero-order chi connectivity index (χ0) is 11.6. The lowest BCUT2D eigenvalue weighted by Gasteiger charge is -2.07. The van der Waals surface area contributed by atoms with Crippen LogP contribution in [0.4, 0.5) is 13.2 Å². The topological polar surface area (TPSA) is 44.1 Å². The number of halogens is 4. The average Bonchev–Trinajstić information content (AvgIpc) is 2.45. The fourth-order valence-corrected chi connectivity index (χ4v) is 1.38. The van der Waals surface area contributed by atoms with Crippen molar-refractivity contribution in [2.24, 2.45) is 0 Å². The van der Waals surface area contributed by atoms with E-state index in [1.54, 1.807) is 0 Å². The SMILES string of the molecule is COC(=O)c1cnn(CC(F)(F)F)c1Br. The van der Waals surface area contributed by atoms with E-state index in [4.69, 9.17) is 0 Å². The van der Waals surface area contributed by atoms with Crippen molar-refractivity contribution in [2.45, 2.75) is 12.7 Å². The predicted octanol–water partition coefficient (Wildman–Crippen LogP) is 1.99. The molecule has 15 heavy (non-hydrogen) atoms. The molecule has 84 valence electrons. The summed E-state index contributed by atoms with van der Waals surface area (Å²) in [6, 6.07) is 0. The minimum Gasteiger partial charge on any atom is -0.465 e. The van der Waals surface area contributed by atoms with Gasteiger partial charge in [0.15, 0.2) is 0 Å². The maximum Gasteiger partial charge on any atom is 0.408 e. The predicted molar refractivity (Wildman–Crippen MR) is 47.3 cm³/mol.